The quantitative estimate of drug-likeness (QED) is 0.141. The van der Waals surface area contributed by atoms with E-state index in [1.807, 2.05) is 0 Å². The first-order valence-corrected chi connectivity index (χ1v) is 27.6. The zero-order valence-corrected chi connectivity index (χ0v) is 43.7. The van der Waals surface area contributed by atoms with E-state index < -0.39 is 0 Å². The summed E-state index contributed by atoms with van der Waals surface area (Å²) in [5.41, 5.74) is 18.6. The number of fused-ring (bicyclic) bond motifs is 14. The van der Waals surface area contributed by atoms with Crippen LogP contribution in [0, 0.1) is 0 Å². The van der Waals surface area contributed by atoms with E-state index in [4.69, 9.17) is 13.6 Å². The second-order valence-electron chi connectivity index (χ2n) is 21.1. The van der Waals surface area contributed by atoms with E-state index in [-0.39, 0.29) is 6.71 Å². The molecule has 17 rings (SSSR count). The van der Waals surface area contributed by atoms with Crippen molar-refractivity contribution in [1.82, 2.24) is 0 Å². The van der Waals surface area contributed by atoms with Crippen LogP contribution in [0.3, 0.4) is 0 Å². The minimum absolute atomic E-state index is 0.215. The molecule has 13 aromatic carbocycles. The van der Waals surface area contributed by atoms with Crippen LogP contribution >= 0.6 is 0 Å². The fraction of sp³-hybridized carbons (Fsp3) is 0. The molecule has 0 unspecified atom stereocenters. The summed E-state index contributed by atoms with van der Waals surface area (Å²) < 4.78 is 21.4. The Bertz CT molecular complexity index is 4910. The Labute approximate surface area is 467 Å². The molecule has 81 heavy (non-hydrogen) atoms. The van der Waals surface area contributed by atoms with Gasteiger partial charge in [-0.3, -0.25) is 0 Å². The summed E-state index contributed by atoms with van der Waals surface area (Å²) in [6.07, 6.45) is 0. The summed E-state index contributed by atoms with van der Waals surface area (Å²) in [7, 11) is 0. The van der Waals surface area contributed by atoms with Gasteiger partial charge >= 0.3 is 0 Å². The summed E-state index contributed by atoms with van der Waals surface area (Å²) in [5, 5.41) is 8.47. The number of nitrogens with zero attached hydrogens (tertiary/aromatic N) is 3. The smallest absolute Gasteiger partial charge is 0.256 e. The second kappa shape index (κ2) is 17.9. The van der Waals surface area contributed by atoms with E-state index in [2.05, 4.69) is 294 Å². The summed E-state index contributed by atoms with van der Waals surface area (Å²) in [5.74, 6) is 1.64. The van der Waals surface area contributed by atoms with Crippen molar-refractivity contribution in [3.8, 4) is 22.6 Å². The van der Waals surface area contributed by atoms with Gasteiger partial charge in [0, 0.05) is 83.4 Å². The van der Waals surface area contributed by atoms with E-state index in [1.165, 1.54) is 0 Å². The molecule has 0 atom stereocenters. The fourth-order valence-electron chi connectivity index (χ4n) is 13.0. The van der Waals surface area contributed by atoms with Crippen LogP contribution in [0.15, 0.2) is 288 Å². The molecule has 0 amide bonds. The van der Waals surface area contributed by atoms with Gasteiger partial charge in [-0.25, -0.2) is 0 Å². The standard InChI is InChI=1S/C74H46BN3O3/c1-6-19-47(20-7-1)56-29-16-17-30-65(56)78-66-31-18-32-68-72(66)75(63-45-69-61(43-67(63)78)59-37-33-48-41-54(35-39-57(48)73(59)80-69)76(50-21-8-2-9-22-50)51-23-10-3-11-24-51)64-46-70-62(44-71(64)79-68)60-38-34-49-42-55(36-40-58(49)74(60)81-70)77(52-25-12-4-13-26-52)53-27-14-5-15-28-53/h1-46H. The summed E-state index contributed by atoms with van der Waals surface area (Å²) >= 11 is 0. The van der Waals surface area contributed by atoms with Crippen molar-refractivity contribution < 1.29 is 13.6 Å². The van der Waals surface area contributed by atoms with Gasteiger partial charge in [0.05, 0.1) is 5.69 Å². The third-order valence-electron chi connectivity index (χ3n) is 16.6. The van der Waals surface area contributed by atoms with Gasteiger partial charge in [0.15, 0.2) is 0 Å². The predicted octanol–water partition coefficient (Wildman–Crippen LogP) is 18.8. The second-order valence-corrected chi connectivity index (χ2v) is 21.1. The summed E-state index contributed by atoms with van der Waals surface area (Å²) in [6.45, 7) is -0.215. The Kier molecular flexibility index (Phi) is 10.0. The molecule has 0 bridgehead atoms. The third kappa shape index (κ3) is 7.08. The molecule has 15 aromatic rings. The van der Waals surface area contributed by atoms with Crippen LogP contribution < -0.4 is 35.8 Å². The lowest BCUT2D eigenvalue weighted by atomic mass is 9.34. The van der Waals surface area contributed by atoms with Crippen LogP contribution in [0.5, 0.6) is 11.5 Å². The van der Waals surface area contributed by atoms with Gasteiger partial charge in [-0.2, -0.15) is 0 Å². The average Bonchev–Trinajstić information content (AvgIpc) is 3.95. The molecule has 0 saturated heterocycles. The number of anilines is 9. The first kappa shape index (κ1) is 45.3. The highest BCUT2D eigenvalue weighted by atomic mass is 16.5. The van der Waals surface area contributed by atoms with E-state index >= 15 is 0 Å². The average molecular weight is 1040 g/mol. The maximum Gasteiger partial charge on any atom is 0.256 e. The molecule has 6 nitrogen and oxygen atoms in total. The Balaban J connectivity index is 0.851. The van der Waals surface area contributed by atoms with Crippen LogP contribution in [0.25, 0.3) is 76.5 Å². The summed E-state index contributed by atoms with van der Waals surface area (Å²) in [6, 6.07) is 99.5. The van der Waals surface area contributed by atoms with E-state index in [1.54, 1.807) is 0 Å². The number of furan rings is 2. The first-order valence-electron chi connectivity index (χ1n) is 27.6. The van der Waals surface area contributed by atoms with E-state index in [0.717, 1.165) is 156 Å². The topological polar surface area (TPSA) is 45.2 Å². The monoisotopic (exact) mass is 1040 g/mol. The van der Waals surface area contributed by atoms with Crippen molar-refractivity contribution >= 4 is 140 Å². The van der Waals surface area contributed by atoms with Gasteiger partial charge in [0.2, 0.25) is 0 Å². The molecule has 2 aliphatic rings. The molecule has 0 fully saturated rings. The largest absolute Gasteiger partial charge is 0.458 e. The van der Waals surface area contributed by atoms with Crippen molar-refractivity contribution in [3.63, 3.8) is 0 Å². The van der Waals surface area contributed by atoms with Crippen molar-refractivity contribution in [2.45, 2.75) is 0 Å². The van der Waals surface area contributed by atoms with E-state index in [0.29, 0.717) is 0 Å². The Morgan fingerprint density at radius 3 is 1.33 bits per heavy atom. The van der Waals surface area contributed by atoms with Crippen molar-refractivity contribution in [1.29, 1.82) is 0 Å². The fourth-order valence-corrected chi connectivity index (χ4v) is 13.0. The minimum Gasteiger partial charge on any atom is -0.458 e. The predicted molar refractivity (Wildman–Crippen MR) is 337 cm³/mol. The van der Waals surface area contributed by atoms with Gasteiger partial charge in [-0.1, -0.05) is 140 Å². The molecule has 0 radical (unpaired) electrons. The highest BCUT2D eigenvalue weighted by molar-refractivity contribution is 6.99. The SMILES string of the molecule is c1ccc(-c2ccccc2N2c3cc4c(cc3B3c5cc6oc7c8ccc(N(c9ccccc9)c9ccccc9)cc8ccc7c6cc5Oc5cccc2c53)oc2c3ccc(N(c5ccccc5)c5ccccc5)cc3ccc42)cc1. The lowest BCUT2D eigenvalue weighted by Gasteiger charge is -2.40. The highest BCUT2D eigenvalue weighted by Crippen LogP contribution is 2.48. The minimum atomic E-state index is -0.215. The van der Waals surface area contributed by atoms with Crippen molar-refractivity contribution in [3.05, 3.63) is 279 Å². The normalized spacial score (nSPS) is 12.5. The zero-order chi connectivity index (χ0) is 53.1. The summed E-state index contributed by atoms with van der Waals surface area (Å²) in [4.78, 5) is 7.05. The van der Waals surface area contributed by atoms with Crippen molar-refractivity contribution in [2.75, 3.05) is 14.7 Å². The molecular formula is C74H46BN3O3. The molecule has 0 N–H and O–H groups in total. The maximum atomic E-state index is 7.19. The highest BCUT2D eigenvalue weighted by Gasteiger charge is 2.43. The third-order valence-corrected chi connectivity index (χ3v) is 16.6. The molecule has 2 aromatic heterocycles. The van der Waals surface area contributed by atoms with Crippen LogP contribution in [-0.2, 0) is 0 Å². The molecule has 2 aliphatic heterocycles. The molecule has 378 valence electrons. The molecular weight excluding hydrogens is 990 g/mol. The van der Waals surface area contributed by atoms with Crippen LogP contribution in [0.1, 0.15) is 0 Å². The Morgan fingerprint density at radius 2 is 0.778 bits per heavy atom. The zero-order valence-electron chi connectivity index (χ0n) is 43.7. The van der Waals surface area contributed by atoms with Crippen LogP contribution in [0.2, 0.25) is 0 Å². The molecule has 0 saturated carbocycles. The van der Waals surface area contributed by atoms with Gasteiger partial charge in [-0.15, -0.1) is 0 Å². The molecule has 0 aliphatic carbocycles. The number of hydrogen-bond acceptors (Lipinski definition) is 6. The van der Waals surface area contributed by atoms with Crippen LogP contribution in [0.4, 0.5) is 51.2 Å². The number of ether oxygens (including phenoxy) is 1. The number of rotatable bonds is 8. The van der Waals surface area contributed by atoms with Gasteiger partial charge in [0.1, 0.15) is 33.8 Å². The Hall–Kier alpha value is -10.8. The molecule has 4 heterocycles. The maximum absolute atomic E-state index is 7.19. The van der Waals surface area contributed by atoms with E-state index in [9.17, 15) is 0 Å². The lowest BCUT2D eigenvalue weighted by molar-refractivity contribution is 0.488. The molecule has 0 spiro atoms. The number of para-hydroxylation sites is 5. The number of hydrogen-bond donors (Lipinski definition) is 0. The Morgan fingerprint density at radius 1 is 0.309 bits per heavy atom. The first-order chi connectivity index (χ1) is 40.2. The van der Waals surface area contributed by atoms with Gasteiger partial charge < -0.3 is 28.3 Å². The number of benzene rings is 13. The molecule has 7 heteroatoms. The van der Waals surface area contributed by atoms with Gasteiger partial charge in [-0.05, 0) is 172 Å². The van der Waals surface area contributed by atoms with Gasteiger partial charge in [0.25, 0.3) is 6.71 Å². The van der Waals surface area contributed by atoms with Crippen LogP contribution in [-0.4, -0.2) is 6.71 Å². The lowest BCUT2D eigenvalue weighted by Crippen LogP contribution is -2.59. The van der Waals surface area contributed by atoms with Crippen molar-refractivity contribution in [2.24, 2.45) is 0 Å².